The van der Waals surface area contributed by atoms with Crippen molar-refractivity contribution < 1.29 is 0 Å². The van der Waals surface area contributed by atoms with Crippen molar-refractivity contribution in [2.24, 2.45) is 0 Å². The van der Waals surface area contributed by atoms with Gasteiger partial charge in [0.15, 0.2) is 0 Å². The van der Waals surface area contributed by atoms with Gasteiger partial charge < -0.3 is 0 Å². The fraction of sp³-hybridized carbons (Fsp3) is 0.353. The van der Waals surface area contributed by atoms with Gasteiger partial charge in [0, 0.05) is 16.2 Å². The van der Waals surface area contributed by atoms with Crippen LogP contribution < -0.4 is 0 Å². The van der Waals surface area contributed by atoms with Gasteiger partial charge in [0.2, 0.25) is 0 Å². The summed E-state index contributed by atoms with van der Waals surface area (Å²) >= 11 is 3.50. The van der Waals surface area contributed by atoms with Crippen molar-refractivity contribution in [1.82, 2.24) is 4.98 Å². The molecule has 0 atom stereocenters. The second kappa shape index (κ2) is 7.44. The number of benzene rings is 1. The molecule has 1 aromatic carbocycles. The Morgan fingerprint density at radius 3 is 2.63 bits per heavy atom. The minimum Gasteiger partial charge on any atom is -0.256 e. The van der Waals surface area contributed by atoms with Crippen LogP contribution in [0.25, 0.3) is 11.3 Å². The summed E-state index contributed by atoms with van der Waals surface area (Å²) in [5.41, 5.74) is 3.54. The molecule has 100 valence electrons. The number of rotatable bonds is 6. The van der Waals surface area contributed by atoms with E-state index in [2.05, 4.69) is 52.1 Å². The summed E-state index contributed by atoms with van der Waals surface area (Å²) in [6.07, 6.45) is 8.38. The molecular weight excluding hydrogens is 298 g/mol. The maximum Gasteiger partial charge on any atom is 0.0702 e. The molecule has 1 nitrogen and oxygen atoms in total. The smallest absolute Gasteiger partial charge is 0.0702 e. The highest BCUT2D eigenvalue weighted by Crippen LogP contribution is 2.21. The van der Waals surface area contributed by atoms with E-state index in [1.54, 1.807) is 0 Å². The Morgan fingerprint density at radius 2 is 1.95 bits per heavy atom. The van der Waals surface area contributed by atoms with E-state index >= 15 is 0 Å². The maximum atomic E-state index is 4.57. The third kappa shape index (κ3) is 4.46. The Morgan fingerprint density at radius 1 is 1.05 bits per heavy atom. The van der Waals surface area contributed by atoms with Crippen molar-refractivity contribution >= 4 is 15.9 Å². The average molecular weight is 318 g/mol. The zero-order valence-corrected chi connectivity index (χ0v) is 13.0. The van der Waals surface area contributed by atoms with Crippen molar-refractivity contribution in [2.45, 2.75) is 39.0 Å². The zero-order valence-electron chi connectivity index (χ0n) is 11.4. The molecule has 0 saturated carbocycles. The zero-order chi connectivity index (χ0) is 13.5. The lowest BCUT2D eigenvalue weighted by molar-refractivity contribution is 0.666. The van der Waals surface area contributed by atoms with Crippen LogP contribution in [-0.2, 0) is 6.42 Å². The van der Waals surface area contributed by atoms with E-state index in [0.717, 1.165) is 22.2 Å². The number of unbranched alkanes of at least 4 members (excludes halogenated alkanes) is 3. The first-order valence-electron chi connectivity index (χ1n) is 7.00. The number of nitrogens with zero attached hydrogens (tertiary/aromatic N) is 1. The normalized spacial score (nSPS) is 10.6. The summed E-state index contributed by atoms with van der Waals surface area (Å²) in [4.78, 5) is 4.57. The van der Waals surface area contributed by atoms with E-state index in [0.29, 0.717) is 0 Å². The Kier molecular flexibility index (Phi) is 5.59. The summed E-state index contributed by atoms with van der Waals surface area (Å²) in [7, 11) is 0. The van der Waals surface area contributed by atoms with Crippen molar-refractivity contribution in [1.29, 1.82) is 0 Å². The molecule has 0 saturated heterocycles. The lowest BCUT2D eigenvalue weighted by atomic mass is 10.1. The van der Waals surface area contributed by atoms with Gasteiger partial charge in [-0.1, -0.05) is 60.3 Å². The minimum atomic E-state index is 1.04. The highest BCUT2D eigenvalue weighted by molar-refractivity contribution is 9.10. The summed E-state index contributed by atoms with van der Waals surface area (Å²) in [6.45, 7) is 2.24. The first-order chi connectivity index (χ1) is 9.29. The summed E-state index contributed by atoms with van der Waals surface area (Å²) in [5.74, 6) is 0. The Hall–Kier alpha value is -1.15. The first-order valence-corrected chi connectivity index (χ1v) is 7.80. The Bertz CT molecular complexity index is 505. The minimum absolute atomic E-state index is 1.04. The first kappa shape index (κ1) is 14.3. The molecule has 0 bridgehead atoms. The average Bonchev–Trinajstić information content (AvgIpc) is 2.44. The number of hydrogen-bond donors (Lipinski definition) is 0. The molecule has 0 spiro atoms. The third-order valence-electron chi connectivity index (χ3n) is 3.26. The highest BCUT2D eigenvalue weighted by Gasteiger charge is 2.00. The molecule has 0 aliphatic heterocycles. The topological polar surface area (TPSA) is 12.9 Å². The maximum absolute atomic E-state index is 4.57. The van der Waals surface area contributed by atoms with Crippen LogP contribution in [-0.4, -0.2) is 4.98 Å². The van der Waals surface area contributed by atoms with E-state index in [1.807, 2.05) is 18.3 Å². The molecule has 19 heavy (non-hydrogen) atoms. The SMILES string of the molecule is CCCCCCc1ccc(-c2cccc(Br)c2)nc1. The van der Waals surface area contributed by atoms with E-state index in [1.165, 1.54) is 31.2 Å². The Balaban J connectivity index is 1.98. The van der Waals surface area contributed by atoms with Crippen molar-refractivity contribution in [3.05, 3.63) is 52.6 Å². The van der Waals surface area contributed by atoms with E-state index in [-0.39, 0.29) is 0 Å². The standard InChI is InChI=1S/C17H20BrN/c1-2-3-4-5-7-14-10-11-17(19-13-14)15-8-6-9-16(18)12-15/h6,8-13H,2-5,7H2,1H3. The lowest BCUT2D eigenvalue weighted by Gasteiger charge is -2.04. The highest BCUT2D eigenvalue weighted by atomic mass is 79.9. The molecule has 2 heteroatoms. The van der Waals surface area contributed by atoms with Gasteiger partial charge in [0.25, 0.3) is 0 Å². The number of halogens is 1. The summed E-state index contributed by atoms with van der Waals surface area (Å²) in [5, 5.41) is 0. The van der Waals surface area contributed by atoms with Crippen molar-refractivity contribution in [2.75, 3.05) is 0 Å². The van der Waals surface area contributed by atoms with Crippen LogP contribution in [0, 0.1) is 0 Å². The summed E-state index contributed by atoms with van der Waals surface area (Å²) in [6, 6.07) is 12.6. The van der Waals surface area contributed by atoms with Gasteiger partial charge in [-0.3, -0.25) is 4.98 Å². The summed E-state index contributed by atoms with van der Waals surface area (Å²) < 4.78 is 1.09. The molecule has 0 unspecified atom stereocenters. The fourth-order valence-electron chi connectivity index (χ4n) is 2.15. The van der Waals surface area contributed by atoms with Gasteiger partial charge in [-0.2, -0.15) is 0 Å². The van der Waals surface area contributed by atoms with Gasteiger partial charge in [0.05, 0.1) is 5.69 Å². The van der Waals surface area contributed by atoms with Gasteiger partial charge in [-0.15, -0.1) is 0 Å². The second-order valence-electron chi connectivity index (χ2n) is 4.87. The molecule has 0 aliphatic carbocycles. The number of pyridine rings is 1. The molecule has 0 amide bonds. The van der Waals surface area contributed by atoms with Crippen LogP contribution in [0.4, 0.5) is 0 Å². The third-order valence-corrected chi connectivity index (χ3v) is 3.76. The van der Waals surface area contributed by atoms with Gasteiger partial charge >= 0.3 is 0 Å². The van der Waals surface area contributed by atoms with Gasteiger partial charge in [-0.25, -0.2) is 0 Å². The van der Waals surface area contributed by atoms with Crippen LogP contribution in [0.1, 0.15) is 38.2 Å². The molecule has 0 fully saturated rings. The van der Waals surface area contributed by atoms with Gasteiger partial charge in [0.1, 0.15) is 0 Å². The van der Waals surface area contributed by atoms with E-state index in [9.17, 15) is 0 Å². The predicted molar refractivity (Wildman–Crippen MR) is 85.2 cm³/mol. The van der Waals surface area contributed by atoms with Gasteiger partial charge in [-0.05, 0) is 36.6 Å². The molecule has 0 N–H and O–H groups in total. The molecule has 1 heterocycles. The quantitative estimate of drug-likeness (QED) is 0.629. The number of aryl methyl sites for hydroxylation is 1. The Labute approximate surface area is 124 Å². The molecule has 1 aromatic heterocycles. The van der Waals surface area contributed by atoms with Crippen LogP contribution >= 0.6 is 15.9 Å². The molecule has 0 aliphatic rings. The van der Waals surface area contributed by atoms with Crippen molar-refractivity contribution in [3.8, 4) is 11.3 Å². The molecule has 2 rings (SSSR count). The largest absolute Gasteiger partial charge is 0.256 e. The lowest BCUT2D eigenvalue weighted by Crippen LogP contribution is -1.89. The monoisotopic (exact) mass is 317 g/mol. The van der Waals surface area contributed by atoms with Crippen LogP contribution in [0.5, 0.6) is 0 Å². The number of hydrogen-bond acceptors (Lipinski definition) is 1. The van der Waals surface area contributed by atoms with Crippen LogP contribution in [0.2, 0.25) is 0 Å². The molecule has 0 radical (unpaired) electrons. The van der Waals surface area contributed by atoms with Crippen LogP contribution in [0.3, 0.4) is 0 Å². The second-order valence-corrected chi connectivity index (χ2v) is 5.79. The predicted octanol–water partition coefficient (Wildman–Crippen LogP) is 5.63. The molecule has 2 aromatic rings. The number of aromatic nitrogens is 1. The molecular formula is C17H20BrN. The van der Waals surface area contributed by atoms with E-state index in [4.69, 9.17) is 0 Å². The van der Waals surface area contributed by atoms with Crippen LogP contribution in [0.15, 0.2) is 47.1 Å². The van der Waals surface area contributed by atoms with Crippen molar-refractivity contribution in [3.63, 3.8) is 0 Å². The van der Waals surface area contributed by atoms with E-state index < -0.39 is 0 Å². The fourth-order valence-corrected chi connectivity index (χ4v) is 2.55.